The molecule has 0 N–H and O–H groups in total. The predicted octanol–water partition coefficient (Wildman–Crippen LogP) is 4.91. The molecule has 152 valence electrons. The van der Waals surface area contributed by atoms with Crippen molar-refractivity contribution >= 4 is 30.1 Å². The number of halogens is 1. The van der Waals surface area contributed by atoms with Crippen LogP contribution < -0.4 is 4.74 Å². The van der Waals surface area contributed by atoms with Crippen molar-refractivity contribution in [2.45, 2.75) is 31.6 Å². The van der Waals surface area contributed by atoms with Gasteiger partial charge in [0, 0.05) is 23.3 Å². The molecule has 1 heterocycles. The Hall–Kier alpha value is -2.73. The van der Waals surface area contributed by atoms with Gasteiger partial charge in [-0.1, -0.05) is 30.7 Å². The largest absolute Gasteiger partial charge is 0.480 e. The van der Waals surface area contributed by atoms with Gasteiger partial charge in [-0.05, 0) is 55.2 Å². The third-order valence-electron chi connectivity index (χ3n) is 4.89. The van der Waals surface area contributed by atoms with Gasteiger partial charge in [0.25, 0.3) is 0 Å². The summed E-state index contributed by atoms with van der Waals surface area (Å²) in [5, 5.41) is 9.35. The Bertz CT molecular complexity index is 925. The van der Waals surface area contributed by atoms with Crippen LogP contribution in [0.25, 0.3) is 5.57 Å². The van der Waals surface area contributed by atoms with Crippen molar-refractivity contribution in [3.05, 3.63) is 58.1 Å². The number of hydrogen-bond acceptors (Lipinski definition) is 6. The van der Waals surface area contributed by atoms with E-state index in [2.05, 4.69) is 46.0 Å². The van der Waals surface area contributed by atoms with Crippen molar-refractivity contribution in [1.29, 1.82) is 0 Å². The highest BCUT2D eigenvalue weighted by Gasteiger charge is 2.42. The van der Waals surface area contributed by atoms with Crippen molar-refractivity contribution in [3.63, 3.8) is 0 Å². The highest BCUT2D eigenvalue weighted by molar-refractivity contribution is 6.30. The minimum Gasteiger partial charge on any atom is -0.480 e. The van der Waals surface area contributed by atoms with Gasteiger partial charge in [0.2, 0.25) is 11.8 Å². The summed E-state index contributed by atoms with van der Waals surface area (Å²) in [6.45, 7) is 6.36. The van der Waals surface area contributed by atoms with Gasteiger partial charge in [-0.25, -0.2) is 4.99 Å². The molecular weight excluding hydrogens is 388 g/mol. The second kappa shape index (κ2) is 9.65. The average Bonchev–Trinajstić information content (AvgIpc) is 3.54. The van der Waals surface area contributed by atoms with Crippen LogP contribution in [0.2, 0.25) is 5.02 Å². The number of benzene rings is 1. The molecule has 1 aromatic carbocycles. The number of hydrogen-bond donors (Lipinski definition) is 0. The third-order valence-corrected chi connectivity index (χ3v) is 5.14. The number of ether oxygens (including phenoxy) is 2. The lowest BCUT2D eigenvalue weighted by Crippen LogP contribution is -2.04. The van der Waals surface area contributed by atoms with Crippen LogP contribution in [0.1, 0.15) is 48.4 Å². The first-order chi connectivity index (χ1) is 14.1. The number of methoxy groups -OCH3 is 2. The molecule has 1 saturated carbocycles. The van der Waals surface area contributed by atoms with Crippen LogP contribution >= 0.6 is 11.6 Å². The van der Waals surface area contributed by atoms with Gasteiger partial charge < -0.3 is 9.47 Å². The van der Waals surface area contributed by atoms with E-state index in [4.69, 9.17) is 21.1 Å². The van der Waals surface area contributed by atoms with Crippen LogP contribution in [-0.2, 0) is 4.74 Å². The summed E-state index contributed by atoms with van der Waals surface area (Å²) >= 11 is 6.02. The minimum atomic E-state index is 0.303. The Morgan fingerprint density at radius 2 is 2.00 bits per heavy atom. The highest BCUT2D eigenvalue weighted by Crippen LogP contribution is 2.56. The summed E-state index contributed by atoms with van der Waals surface area (Å²) < 4.78 is 10.9. The Balaban J connectivity index is 1.97. The SMILES string of the molecule is C=N/C(OC)=C(\C=N/CCC)c1cc(C2CC2c2ccc(Cl)cc2)c(OC)nn1. The van der Waals surface area contributed by atoms with E-state index in [0.717, 1.165) is 23.4 Å². The molecular formula is C22H25ClN4O2. The lowest BCUT2D eigenvalue weighted by molar-refractivity contribution is 0.292. The van der Waals surface area contributed by atoms with Gasteiger partial charge in [0.1, 0.15) is 5.69 Å². The van der Waals surface area contributed by atoms with Crippen molar-refractivity contribution in [1.82, 2.24) is 10.2 Å². The zero-order valence-electron chi connectivity index (χ0n) is 16.9. The van der Waals surface area contributed by atoms with Gasteiger partial charge in [-0.3, -0.25) is 4.99 Å². The molecule has 1 aliphatic rings. The van der Waals surface area contributed by atoms with Crippen molar-refractivity contribution in [2.24, 2.45) is 9.98 Å². The molecule has 0 saturated heterocycles. The molecule has 0 bridgehead atoms. The van der Waals surface area contributed by atoms with E-state index in [9.17, 15) is 0 Å². The topological polar surface area (TPSA) is 69.0 Å². The molecule has 1 aromatic heterocycles. The monoisotopic (exact) mass is 412 g/mol. The fourth-order valence-corrected chi connectivity index (χ4v) is 3.47. The molecule has 0 spiro atoms. The molecule has 2 aromatic rings. The fraction of sp³-hybridized carbons (Fsp3) is 0.364. The van der Waals surface area contributed by atoms with Crippen LogP contribution in [0.5, 0.6) is 5.88 Å². The molecule has 0 amide bonds. The van der Waals surface area contributed by atoms with Gasteiger partial charge in [-0.2, -0.15) is 0 Å². The van der Waals surface area contributed by atoms with Crippen LogP contribution in [-0.4, -0.2) is 43.9 Å². The molecule has 1 aliphatic carbocycles. The van der Waals surface area contributed by atoms with Crippen LogP contribution in [0.3, 0.4) is 0 Å². The van der Waals surface area contributed by atoms with Crippen molar-refractivity contribution in [3.8, 4) is 5.88 Å². The maximum absolute atomic E-state index is 6.02. The maximum atomic E-state index is 6.02. The zero-order valence-corrected chi connectivity index (χ0v) is 17.7. The lowest BCUT2D eigenvalue weighted by Gasteiger charge is -2.11. The molecule has 0 radical (unpaired) electrons. The second-order valence-corrected chi connectivity index (χ2v) is 7.25. The number of rotatable bonds is 9. The Morgan fingerprint density at radius 3 is 2.62 bits per heavy atom. The second-order valence-electron chi connectivity index (χ2n) is 6.81. The molecule has 7 heteroatoms. The molecule has 1 fully saturated rings. The molecule has 6 nitrogen and oxygen atoms in total. The van der Waals surface area contributed by atoms with E-state index >= 15 is 0 Å². The molecule has 29 heavy (non-hydrogen) atoms. The molecule has 3 rings (SSSR count). The number of aliphatic imine (C=N–C) groups is 2. The van der Waals surface area contributed by atoms with Crippen LogP contribution in [0.15, 0.2) is 46.2 Å². The summed E-state index contributed by atoms with van der Waals surface area (Å²) in [5.41, 5.74) is 3.55. The highest BCUT2D eigenvalue weighted by atomic mass is 35.5. The Kier molecular flexibility index (Phi) is 6.99. The van der Waals surface area contributed by atoms with Gasteiger partial charge in [0.05, 0.1) is 19.8 Å². The van der Waals surface area contributed by atoms with E-state index in [1.807, 2.05) is 18.2 Å². The van der Waals surface area contributed by atoms with E-state index in [1.54, 1.807) is 20.4 Å². The molecule has 2 unspecified atom stereocenters. The van der Waals surface area contributed by atoms with E-state index in [0.29, 0.717) is 41.4 Å². The van der Waals surface area contributed by atoms with E-state index < -0.39 is 0 Å². The van der Waals surface area contributed by atoms with E-state index in [-0.39, 0.29) is 0 Å². The number of allylic oxidation sites excluding steroid dienone is 1. The average molecular weight is 413 g/mol. The summed E-state index contributed by atoms with van der Waals surface area (Å²) in [4.78, 5) is 8.39. The summed E-state index contributed by atoms with van der Waals surface area (Å²) in [7, 11) is 3.16. The molecule has 2 atom stereocenters. The maximum Gasteiger partial charge on any atom is 0.236 e. The van der Waals surface area contributed by atoms with Gasteiger partial charge >= 0.3 is 0 Å². The first-order valence-electron chi connectivity index (χ1n) is 9.55. The smallest absolute Gasteiger partial charge is 0.236 e. The zero-order chi connectivity index (χ0) is 20.8. The fourth-order valence-electron chi connectivity index (χ4n) is 3.34. The summed E-state index contributed by atoms with van der Waals surface area (Å²) in [6, 6.07) is 9.98. The summed E-state index contributed by atoms with van der Waals surface area (Å²) in [5.74, 6) is 1.60. The van der Waals surface area contributed by atoms with Crippen LogP contribution in [0, 0.1) is 0 Å². The first-order valence-corrected chi connectivity index (χ1v) is 9.92. The minimum absolute atomic E-state index is 0.303. The van der Waals surface area contributed by atoms with Crippen molar-refractivity contribution in [2.75, 3.05) is 20.8 Å². The lowest BCUT2D eigenvalue weighted by atomic mass is 10.0. The normalized spacial score (nSPS) is 19.0. The van der Waals surface area contributed by atoms with Gasteiger partial charge in [0.15, 0.2) is 0 Å². The number of nitrogens with zero attached hydrogens (tertiary/aromatic N) is 4. The quantitative estimate of drug-likeness (QED) is 0.433. The van der Waals surface area contributed by atoms with E-state index in [1.165, 1.54) is 5.56 Å². The van der Waals surface area contributed by atoms with Crippen LogP contribution in [0.4, 0.5) is 0 Å². The first kappa shape index (κ1) is 21.0. The standard InChI is InChI=1S/C22H25ClN4O2/c1-5-10-25-13-19(21(24-2)28-3)20-12-18(22(29-4)27-26-20)17-11-16(17)14-6-8-15(23)9-7-14/h6-9,12-13,16-17H,2,5,10-11H2,1,3-4H3/b21-19-,25-13-. The predicted molar refractivity (Wildman–Crippen MR) is 117 cm³/mol. The molecule has 0 aliphatic heterocycles. The van der Waals surface area contributed by atoms with Crippen molar-refractivity contribution < 1.29 is 9.47 Å². The summed E-state index contributed by atoms with van der Waals surface area (Å²) in [6.07, 6.45) is 3.68. The Morgan fingerprint density at radius 1 is 1.24 bits per heavy atom. The number of aromatic nitrogens is 2. The third kappa shape index (κ3) is 4.82. The van der Waals surface area contributed by atoms with Gasteiger partial charge in [-0.15, -0.1) is 10.2 Å². The Labute approximate surface area is 176 Å².